The molecule has 1 aliphatic carbocycles. The van der Waals surface area contributed by atoms with Crippen LogP contribution in [0.15, 0.2) is 46.9 Å². The fourth-order valence-corrected chi connectivity index (χ4v) is 5.28. The Kier molecular flexibility index (Phi) is 6.51. The summed E-state index contributed by atoms with van der Waals surface area (Å²) in [7, 11) is 0. The van der Waals surface area contributed by atoms with E-state index in [0.29, 0.717) is 25.4 Å². The SMILES string of the molecule is O=C1OC2(COCc3cc(Br)ccc32)C(=O)N1CC(=O)N(Cc1ccc(F)cc1)[C@@H](C1CC1)C(F)(F)F. The number of alkyl halides is 3. The Bertz CT molecular complexity index is 1250. The van der Waals surface area contributed by atoms with Crippen LogP contribution < -0.4 is 0 Å². The molecule has 196 valence electrons. The first-order valence-corrected chi connectivity index (χ1v) is 12.3. The summed E-state index contributed by atoms with van der Waals surface area (Å²) in [6, 6.07) is 7.61. The first-order valence-electron chi connectivity index (χ1n) is 11.5. The molecular formula is C25H21BrF4N2O5. The Morgan fingerprint density at radius 2 is 1.86 bits per heavy atom. The molecule has 37 heavy (non-hydrogen) atoms. The fraction of sp³-hybridized carbons (Fsp3) is 0.400. The van der Waals surface area contributed by atoms with Gasteiger partial charge < -0.3 is 14.4 Å². The van der Waals surface area contributed by atoms with Crippen LogP contribution in [0, 0.1) is 11.7 Å². The van der Waals surface area contributed by atoms with Gasteiger partial charge in [-0.05, 0) is 54.2 Å². The molecule has 2 fully saturated rings. The molecular weight excluding hydrogens is 564 g/mol. The highest BCUT2D eigenvalue weighted by Crippen LogP contribution is 2.44. The van der Waals surface area contributed by atoms with E-state index in [1.807, 2.05) is 0 Å². The van der Waals surface area contributed by atoms with Gasteiger partial charge in [0.25, 0.3) is 5.91 Å². The van der Waals surface area contributed by atoms with Gasteiger partial charge >= 0.3 is 12.3 Å². The van der Waals surface area contributed by atoms with E-state index in [-0.39, 0.29) is 31.6 Å². The molecule has 1 saturated heterocycles. The van der Waals surface area contributed by atoms with Gasteiger partial charge in [-0.2, -0.15) is 13.2 Å². The lowest BCUT2D eigenvalue weighted by atomic mass is 9.88. The number of carbonyl (C=O) groups is 3. The zero-order chi connectivity index (χ0) is 26.5. The number of fused-ring (bicyclic) bond motifs is 2. The van der Waals surface area contributed by atoms with Gasteiger partial charge in [-0.3, -0.25) is 9.59 Å². The van der Waals surface area contributed by atoms with Crippen LogP contribution in [0.1, 0.15) is 29.5 Å². The van der Waals surface area contributed by atoms with Gasteiger partial charge in [0.05, 0.1) is 6.61 Å². The Balaban J connectivity index is 1.44. The summed E-state index contributed by atoms with van der Waals surface area (Å²) in [5.41, 5.74) is -0.562. The Labute approximate surface area is 217 Å². The standard InChI is InChI=1S/C25H21BrF4N2O5/c26-17-5-8-19-16(9-17)12-36-13-24(19)22(34)32(23(35)37-24)11-20(33)31(10-14-1-6-18(27)7-2-14)21(15-3-4-15)25(28,29)30/h1-2,5-9,15,21H,3-4,10-13H2/t21-,24?/m0/s1. The topological polar surface area (TPSA) is 76.1 Å². The van der Waals surface area contributed by atoms with Gasteiger partial charge in [0, 0.05) is 16.6 Å². The van der Waals surface area contributed by atoms with E-state index in [1.165, 1.54) is 12.1 Å². The molecule has 2 atom stereocenters. The molecule has 0 radical (unpaired) electrons. The summed E-state index contributed by atoms with van der Waals surface area (Å²) in [6.07, 6.45) is -5.31. The highest BCUT2D eigenvalue weighted by atomic mass is 79.9. The Morgan fingerprint density at radius 3 is 2.51 bits per heavy atom. The highest BCUT2D eigenvalue weighted by Gasteiger charge is 2.59. The smallest absolute Gasteiger partial charge is 0.418 e. The van der Waals surface area contributed by atoms with E-state index in [2.05, 4.69) is 15.9 Å². The van der Waals surface area contributed by atoms with E-state index >= 15 is 0 Å². The second-order valence-corrected chi connectivity index (χ2v) is 10.3. The van der Waals surface area contributed by atoms with Gasteiger partial charge in [0.1, 0.15) is 25.0 Å². The van der Waals surface area contributed by atoms with Crippen molar-refractivity contribution in [3.05, 3.63) is 69.4 Å². The Morgan fingerprint density at radius 1 is 1.16 bits per heavy atom. The van der Waals surface area contributed by atoms with Crippen LogP contribution in [0.3, 0.4) is 0 Å². The summed E-state index contributed by atoms with van der Waals surface area (Å²) in [5.74, 6) is -3.33. The molecule has 2 aromatic carbocycles. The zero-order valence-corrected chi connectivity index (χ0v) is 20.9. The lowest BCUT2D eigenvalue weighted by molar-refractivity contribution is -0.196. The van der Waals surface area contributed by atoms with Crippen molar-refractivity contribution in [2.24, 2.45) is 5.92 Å². The van der Waals surface area contributed by atoms with Crippen molar-refractivity contribution in [2.45, 2.75) is 43.8 Å². The average molecular weight is 585 g/mol. The molecule has 3 amide bonds. The number of nitrogens with zero attached hydrogens (tertiary/aromatic N) is 2. The maximum Gasteiger partial charge on any atom is 0.418 e. The molecule has 2 heterocycles. The zero-order valence-electron chi connectivity index (χ0n) is 19.3. The van der Waals surface area contributed by atoms with Crippen molar-refractivity contribution >= 4 is 33.8 Å². The van der Waals surface area contributed by atoms with Crippen LogP contribution in [0.2, 0.25) is 0 Å². The van der Waals surface area contributed by atoms with Crippen LogP contribution in [0.25, 0.3) is 0 Å². The number of hydrogen-bond acceptors (Lipinski definition) is 5. The Hall–Kier alpha value is -2.99. The number of rotatable bonds is 6. The number of hydrogen-bond donors (Lipinski definition) is 0. The van der Waals surface area contributed by atoms with Crippen molar-refractivity contribution in [1.82, 2.24) is 9.80 Å². The van der Waals surface area contributed by atoms with Crippen molar-refractivity contribution in [1.29, 1.82) is 0 Å². The highest BCUT2D eigenvalue weighted by molar-refractivity contribution is 9.10. The van der Waals surface area contributed by atoms with Crippen LogP contribution in [0.4, 0.5) is 22.4 Å². The van der Waals surface area contributed by atoms with Crippen LogP contribution in [-0.4, -0.2) is 53.1 Å². The molecule has 0 aromatic heterocycles. The molecule has 5 rings (SSSR count). The molecule has 0 N–H and O–H groups in total. The second kappa shape index (κ2) is 9.39. The van der Waals surface area contributed by atoms with E-state index in [1.54, 1.807) is 18.2 Å². The largest absolute Gasteiger partial charge is 0.425 e. The normalized spacial score (nSPS) is 22.1. The maximum absolute atomic E-state index is 14.1. The number of benzene rings is 2. The van der Waals surface area contributed by atoms with E-state index in [9.17, 15) is 31.9 Å². The minimum absolute atomic E-state index is 0.167. The van der Waals surface area contributed by atoms with Gasteiger partial charge in [0.15, 0.2) is 0 Å². The molecule has 1 saturated carbocycles. The fourth-order valence-electron chi connectivity index (χ4n) is 4.87. The minimum atomic E-state index is -4.74. The maximum atomic E-state index is 14.1. The third-order valence-corrected chi connectivity index (χ3v) is 7.25. The predicted molar refractivity (Wildman–Crippen MR) is 123 cm³/mol. The lowest BCUT2D eigenvalue weighted by Gasteiger charge is -2.34. The number of amides is 3. The van der Waals surface area contributed by atoms with E-state index in [0.717, 1.165) is 12.1 Å². The summed E-state index contributed by atoms with van der Waals surface area (Å²) < 4.78 is 67.3. The van der Waals surface area contributed by atoms with Gasteiger partial charge in [-0.15, -0.1) is 0 Å². The molecule has 3 aliphatic rings. The van der Waals surface area contributed by atoms with Gasteiger partial charge in [-0.25, -0.2) is 14.1 Å². The molecule has 1 unspecified atom stereocenters. The van der Waals surface area contributed by atoms with E-state index < -0.39 is 60.6 Å². The summed E-state index contributed by atoms with van der Waals surface area (Å²) in [5, 5.41) is 0. The molecule has 1 spiro atoms. The van der Waals surface area contributed by atoms with Crippen molar-refractivity contribution in [2.75, 3.05) is 13.2 Å². The summed E-state index contributed by atoms with van der Waals surface area (Å²) in [6.45, 7) is -1.53. The van der Waals surface area contributed by atoms with Crippen molar-refractivity contribution in [3.63, 3.8) is 0 Å². The van der Waals surface area contributed by atoms with Gasteiger partial charge in [0.2, 0.25) is 11.5 Å². The van der Waals surface area contributed by atoms with Crippen LogP contribution in [0.5, 0.6) is 0 Å². The van der Waals surface area contributed by atoms with Crippen LogP contribution >= 0.6 is 15.9 Å². The summed E-state index contributed by atoms with van der Waals surface area (Å²) in [4.78, 5) is 40.8. The summed E-state index contributed by atoms with van der Waals surface area (Å²) >= 11 is 3.33. The molecule has 2 aromatic rings. The lowest BCUT2D eigenvalue weighted by Crippen LogP contribution is -2.53. The second-order valence-electron chi connectivity index (χ2n) is 9.35. The number of halogens is 5. The van der Waals surface area contributed by atoms with Crippen molar-refractivity contribution < 1.29 is 41.4 Å². The van der Waals surface area contributed by atoms with Crippen LogP contribution in [-0.2, 0) is 37.8 Å². The average Bonchev–Trinajstić information content (AvgIpc) is 3.63. The molecule has 0 bridgehead atoms. The van der Waals surface area contributed by atoms with E-state index in [4.69, 9.17) is 9.47 Å². The number of carbonyl (C=O) groups excluding carboxylic acids is 3. The predicted octanol–water partition coefficient (Wildman–Crippen LogP) is 4.66. The monoisotopic (exact) mass is 584 g/mol. The first-order chi connectivity index (χ1) is 17.5. The van der Waals surface area contributed by atoms with Gasteiger partial charge in [-0.1, -0.05) is 34.1 Å². The first kappa shape index (κ1) is 25.7. The third-order valence-electron chi connectivity index (χ3n) is 6.76. The molecule has 12 heteroatoms. The quantitative estimate of drug-likeness (QED) is 0.462. The molecule has 2 aliphatic heterocycles. The number of ether oxygens (including phenoxy) is 2. The minimum Gasteiger partial charge on any atom is -0.425 e. The number of imide groups is 1. The third kappa shape index (κ3) is 4.84. The molecule has 7 nitrogen and oxygen atoms in total. The van der Waals surface area contributed by atoms with Crippen molar-refractivity contribution in [3.8, 4) is 0 Å².